The van der Waals surface area contributed by atoms with Crippen molar-refractivity contribution in [3.63, 3.8) is 0 Å². The molecule has 1 saturated carbocycles. The van der Waals surface area contributed by atoms with E-state index in [-0.39, 0.29) is 37.0 Å². The van der Waals surface area contributed by atoms with Crippen molar-refractivity contribution in [2.24, 2.45) is 5.92 Å². The number of hydrogen-bond donors (Lipinski definition) is 1. The molecule has 217 valence electrons. The van der Waals surface area contributed by atoms with Crippen LogP contribution in [-0.4, -0.2) is 82.3 Å². The molecule has 1 aromatic carbocycles. The van der Waals surface area contributed by atoms with Gasteiger partial charge in [0.05, 0.1) is 6.61 Å². The third-order valence-corrected chi connectivity index (χ3v) is 9.12. The second-order valence-corrected chi connectivity index (χ2v) is 13.9. The van der Waals surface area contributed by atoms with Gasteiger partial charge in [-0.05, 0) is 57.1 Å². The lowest BCUT2D eigenvalue weighted by molar-refractivity contribution is -0.155. The molecule has 0 bridgehead atoms. The summed E-state index contributed by atoms with van der Waals surface area (Å²) in [5.74, 6) is -0.810. The standard InChI is InChI=1S/C27H38N3O7P.Al.HI/c1-27(2,3)37-26(35)28-19(15-36-38)23(31)29-14-18-10-5-4-8-16(18)12-21(29)24(32)30-20-11-7-6-9-17(20)13-22(30)25(33)34;;/h4-5,8,10,17,19-22H,6-7,9,11-15,38H2,1-3H3,(H,28,35)(H,33,34);;1H/q;+2;/p-2. The number of halogens is 1. The Morgan fingerprint density at radius 1 is 1.12 bits per heavy atom. The number of carbonyl (C=O) groups is 4. The highest BCUT2D eigenvalue weighted by molar-refractivity contribution is 14.1. The predicted octanol–water partition coefficient (Wildman–Crippen LogP) is 3.31. The molecular weight excluding hydrogens is 663 g/mol. The van der Waals surface area contributed by atoms with Crippen LogP contribution in [0.1, 0.15) is 64.0 Å². The van der Waals surface area contributed by atoms with Crippen LogP contribution in [0.5, 0.6) is 0 Å². The minimum atomic E-state index is -1.07. The van der Waals surface area contributed by atoms with E-state index < -0.39 is 48.0 Å². The Balaban J connectivity index is 1.66. The molecule has 1 aliphatic carbocycles. The number of likely N-dealkylation sites (tertiary alicyclic amines) is 1. The number of hydrogen-bond acceptors (Lipinski definition) is 7. The lowest BCUT2D eigenvalue weighted by Gasteiger charge is -2.42. The number of ether oxygens (including phenoxy) is 1. The number of nitrogens with one attached hydrogen (secondary N) is 1. The Hall–Kier alpha value is -1.45. The van der Waals surface area contributed by atoms with Gasteiger partial charge in [0.15, 0.2) is 0 Å². The molecule has 3 amide bonds. The fourth-order valence-electron chi connectivity index (χ4n) is 6.18. The van der Waals surface area contributed by atoms with E-state index in [0.29, 0.717) is 12.8 Å². The molecule has 40 heavy (non-hydrogen) atoms. The zero-order chi connectivity index (χ0) is 29.0. The summed E-state index contributed by atoms with van der Waals surface area (Å²) in [6, 6.07) is 5.12. The summed E-state index contributed by atoms with van der Waals surface area (Å²) >= 11 is 1.54. The number of rotatable bonds is 7. The smallest absolute Gasteiger partial charge is 0.612 e. The molecule has 1 radical (unpaired) electrons. The second-order valence-electron chi connectivity index (χ2n) is 11.6. The fourth-order valence-corrected chi connectivity index (χ4v) is 7.37. The Morgan fingerprint density at radius 3 is 2.50 bits per heavy atom. The van der Waals surface area contributed by atoms with Crippen LogP contribution in [0.3, 0.4) is 0 Å². The molecule has 1 N–H and O–H groups in total. The van der Waals surface area contributed by atoms with Gasteiger partial charge in [0.1, 0.15) is 23.7 Å². The molecule has 2 aliphatic heterocycles. The first kappa shape index (κ1) is 31.5. The maximum Gasteiger partial charge on any atom is 0.627 e. The molecule has 10 nitrogen and oxygen atoms in total. The average molecular weight is 700 g/mol. The number of nitrogens with zero attached hydrogens (tertiary/aromatic N) is 2. The van der Waals surface area contributed by atoms with Crippen molar-refractivity contribution < 1.29 is 32.2 Å². The molecule has 2 heterocycles. The van der Waals surface area contributed by atoms with E-state index in [2.05, 4.69) is 35.1 Å². The Morgan fingerprint density at radius 2 is 1.82 bits per heavy atom. The Labute approximate surface area is 255 Å². The summed E-state index contributed by atoms with van der Waals surface area (Å²) in [7, 11) is 2.10. The van der Waals surface area contributed by atoms with Crippen molar-refractivity contribution in [1.29, 1.82) is 0 Å². The zero-order valence-corrected chi connectivity index (χ0v) is 27.6. The van der Waals surface area contributed by atoms with Gasteiger partial charge in [-0.1, -0.05) is 37.1 Å². The first-order valence-corrected chi connectivity index (χ1v) is 18.8. The molecule has 0 aromatic heterocycles. The quantitative estimate of drug-likeness (QED) is 0.264. The number of benzene rings is 1. The third-order valence-electron chi connectivity index (χ3n) is 7.84. The molecular formula is C27H37AlIN3O7P. The predicted molar refractivity (Wildman–Crippen MR) is 160 cm³/mol. The normalized spacial score (nSPS) is 24.8. The van der Waals surface area contributed by atoms with Crippen molar-refractivity contribution in [2.45, 2.75) is 95.6 Å². The molecule has 0 spiro atoms. The van der Waals surface area contributed by atoms with Crippen molar-refractivity contribution >= 4 is 65.9 Å². The SMILES string of the molecule is CC(C)(C)OC(=O)NC(COP)C(=O)N1Cc2ccccc2CC1C(=O)N1C(C(=O)[O][Al][I])CC2CCCCC21. The maximum atomic E-state index is 14.5. The van der Waals surface area contributed by atoms with Gasteiger partial charge < -0.3 is 28.2 Å². The van der Waals surface area contributed by atoms with Gasteiger partial charge >= 0.3 is 18.4 Å². The van der Waals surface area contributed by atoms with Crippen LogP contribution in [0.4, 0.5) is 4.79 Å². The number of alkyl carbamates (subject to hydrolysis) is 1. The summed E-state index contributed by atoms with van der Waals surface area (Å²) in [6.45, 7) is 5.29. The highest BCUT2D eigenvalue weighted by Gasteiger charge is 2.51. The summed E-state index contributed by atoms with van der Waals surface area (Å²) in [5.41, 5.74) is 1.17. The Kier molecular flexibility index (Phi) is 10.8. The van der Waals surface area contributed by atoms with Crippen LogP contribution in [0.2, 0.25) is 0 Å². The van der Waals surface area contributed by atoms with Gasteiger partial charge in [-0.2, -0.15) is 20.3 Å². The van der Waals surface area contributed by atoms with Crippen LogP contribution in [-0.2, 0) is 40.4 Å². The van der Waals surface area contributed by atoms with Gasteiger partial charge in [0.25, 0.3) is 5.97 Å². The highest BCUT2D eigenvalue weighted by atomic mass is 127. The monoisotopic (exact) mass is 700 g/mol. The minimum absolute atomic E-state index is 0.0526. The lowest BCUT2D eigenvalue weighted by atomic mass is 9.84. The van der Waals surface area contributed by atoms with Gasteiger partial charge in [0.2, 0.25) is 11.8 Å². The van der Waals surface area contributed by atoms with Gasteiger partial charge in [-0.25, -0.2) is 4.79 Å². The summed E-state index contributed by atoms with van der Waals surface area (Å²) in [4.78, 5) is 57.4. The topological polar surface area (TPSA) is 114 Å². The van der Waals surface area contributed by atoms with Crippen LogP contribution >= 0.6 is 29.7 Å². The molecule has 3 aliphatic rings. The first-order valence-electron chi connectivity index (χ1n) is 13.7. The largest absolute Gasteiger partial charge is 0.627 e. The first-order chi connectivity index (χ1) is 19.0. The molecule has 1 saturated heterocycles. The second kappa shape index (κ2) is 13.7. The van der Waals surface area contributed by atoms with Crippen LogP contribution in [0.15, 0.2) is 24.3 Å². The molecule has 2 fully saturated rings. The molecule has 1 aromatic rings. The van der Waals surface area contributed by atoms with E-state index in [0.717, 1.165) is 36.8 Å². The fraction of sp³-hybridized carbons (Fsp3) is 0.630. The highest BCUT2D eigenvalue weighted by Crippen LogP contribution is 2.41. The lowest BCUT2D eigenvalue weighted by Crippen LogP contribution is -2.61. The Bertz CT molecular complexity index is 1120. The average Bonchev–Trinajstić information content (AvgIpc) is 3.30. The molecule has 4 rings (SSSR count). The van der Waals surface area contributed by atoms with E-state index in [9.17, 15) is 19.2 Å². The summed E-state index contributed by atoms with van der Waals surface area (Å²) < 4.78 is 16.0. The van der Waals surface area contributed by atoms with Crippen LogP contribution < -0.4 is 5.32 Å². The third kappa shape index (κ3) is 7.30. The van der Waals surface area contributed by atoms with Crippen molar-refractivity contribution in [3.05, 3.63) is 35.4 Å². The van der Waals surface area contributed by atoms with E-state index in [1.807, 2.05) is 24.3 Å². The van der Waals surface area contributed by atoms with E-state index >= 15 is 0 Å². The zero-order valence-electron chi connectivity index (χ0n) is 23.1. The number of fused-ring (bicyclic) bond motifs is 2. The van der Waals surface area contributed by atoms with Gasteiger partial charge in [-0.15, -0.1) is 0 Å². The number of amides is 3. The van der Waals surface area contributed by atoms with Gasteiger partial charge in [-0.3, -0.25) is 14.4 Å². The molecule has 6 unspecified atom stereocenters. The van der Waals surface area contributed by atoms with Crippen molar-refractivity contribution in [1.82, 2.24) is 15.1 Å². The van der Waals surface area contributed by atoms with Crippen LogP contribution in [0, 0.1) is 5.92 Å². The summed E-state index contributed by atoms with van der Waals surface area (Å²) in [5, 5.41) is 2.63. The number of carbonyl (C=O) groups excluding carboxylic acids is 4. The van der Waals surface area contributed by atoms with E-state index in [4.69, 9.17) is 13.0 Å². The summed E-state index contributed by atoms with van der Waals surface area (Å²) in [6.07, 6.45) is 4.03. The molecule has 6 atom stereocenters. The van der Waals surface area contributed by atoms with Crippen LogP contribution in [0.25, 0.3) is 0 Å². The van der Waals surface area contributed by atoms with E-state index in [1.165, 1.54) is 4.90 Å². The maximum absolute atomic E-state index is 14.5. The minimum Gasteiger partial charge on any atom is -0.612 e. The van der Waals surface area contributed by atoms with Crippen molar-refractivity contribution in [2.75, 3.05) is 6.61 Å². The molecule has 13 heteroatoms. The van der Waals surface area contributed by atoms with E-state index in [1.54, 1.807) is 25.7 Å². The van der Waals surface area contributed by atoms with Gasteiger partial charge in [0, 0.05) is 28.5 Å². The van der Waals surface area contributed by atoms with Crippen molar-refractivity contribution in [3.8, 4) is 0 Å².